The summed E-state index contributed by atoms with van der Waals surface area (Å²) in [5.74, 6) is 2.15. The SMILES string of the molecule is CC(C)CC1NC(C2CCCC2)N(CC(C)C)C1=O. The molecule has 0 radical (unpaired) electrons. The number of rotatable bonds is 5. The van der Waals surface area contributed by atoms with E-state index in [4.69, 9.17) is 0 Å². The van der Waals surface area contributed by atoms with Crippen LogP contribution in [0.2, 0.25) is 0 Å². The fourth-order valence-electron chi connectivity index (χ4n) is 3.61. The predicted molar refractivity (Wildman–Crippen MR) is 78.7 cm³/mol. The highest BCUT2D eigenvalue weighted by molar-refractivity contribution is 5.84. The average Bonchev–Trinajstić information content (AvgIpc) is 2.91. The van der Waals surface area contributed by atoms with Crippen LogP contribution in [0.15, 0.2) is 0 Å². The highest BCUT2D eigenvalue weighted by Gasteiger charge is 2.43. The van der Waals surface area contributed by atoms with Crippen LogP contribution in [0.5, 0.6) is 0 Å². The molecule has 0 aromatic heterocycles. The van der Waals surface area contributed by atoms with E-state index in [2.05, 4.69) is 37.9 Å². The highest BCUT2D eigenvalue weighted by Crippen LogP contribution is 2.33. The summed E-state index contributed by atoms with van der Waals surface area (Å²) in [6.07, 6.45) is 6.52. The third kappa shape index (κ3) is 3.50. The van der Waals surface area contributed by atoms with Crippen LogP contribution >= 0.6 is 0 Å². The molecule has 1 heterocycles. The first-order chi connectivity index (χ1) is 8.99. The minimum absolute atomic E-state index is 0.0596. The van der Waals surface area contributed by atoms with Gasteiger partial charge < -0.3 is 4.90 Å². The van der Waals surface area contributed by atoms with Gasteiger partial charge in [-0.1, -0.05) is 40.5 Å². The second kappa shape index (κ2) is 6.25. The lowest BCUT2D eigenvalue weighted by atomic mass is 10.0. The summed E-state index contributed by atoms with van der Waals surface area (Å²) in [5, 5.41) is 3.65. The van der Waals surface area contributed by atoms with Gasteiger partial charge in [-0.25, -0.2) is 0 Å². The molecule has 19 heavy (non-hydrogen) atoms. The van der Waals surface area contributed by atoms with Gasteiger partial charge >= 0.3 is 0 Å². The molecular formula is C16H30N2O. The Bertz CT molecular complexity index is 308. The number of carbonyl (C=O) groups excluding carboxylic acids is 1. The average molecular weight is 266 g/mol. The second-order valence-corrected chi connectivity index (χ2v) is 7.22. The third-order valence-corrected chi connectivity index (χ3v) is 4.40. The van der Waals surface area contributed by atoms with Crippen molar-refractivity contribution in [2.75, 3.05) is 6.54 Å². The lowest BCUT2D eigenvalue weighted by Crippen LogP contribution is -2.44. The third-order valence-electron chi connectivity index (χ3n) is 4.40. The van der Waals surface area contributed by atoms with E-state index < -0.39 is 0 Å². The molecule has 0 spiro atoms. The Morgan fingerprint density at radius 2 is 1.79 bits per heavy atom. The van der Waals surface area contributed by atoms with Gasteiger partial charge in [-0.3, -0.25) is 10.1 Å². The van der Waals surface area contributed by atoms with E-state index in [0.29, 0.717) is 29.8 Å². The molecule has 0 bridgehead atoms. The Hall–Kier alpha value is -0.570. The molecule has 1 aliphatic heterocycles. The van der Waals surface area contributed by atoms with Gasteiger partial charge in [0.2, 0.25) is 5.91 Å². The standard InChI is InChI=1S/C16H30N2O/c1-11(2)9-14-16(19)18(10-12(3)4)15(17-14)13-7-5-6-8-13/h11-15,17H,5-10H2,1-4H3. The first-order valence-corrected chi connectivity index (χ1v) is 8.05. The smallest absolute Gasteiger partial charge is 0.241 e. The maximum Gasteiger partial charge on any atom is 0.241 e. The lowest BCUT2D eigenvalue weighted by Gasteiger charge is -2.30. The molecule has 1 saturated carbocycles. The lowest BCUT2D eigenvalue weighted by molar-refractivity contribution is -0.131. The Morgan fingerprint density at radius 1 is 1.16 bits per heavy atom. The number of hydrogen-bond acceptors (Lipinski definition) is 2. The summed E-state index contributed by atoms with van der Waals surface area (Å²) in [4.78, 5) is 14.8. The maximum absolute atomic E-state index is 12.6. The van der Waals surface area contributed by atoms with Crippen molar-refractivity contribution < 1.29 is 4.79 Å². The summed E-state index contributed by atoms with van der Waals surface area (Å²) in [6.45, 7) is 9.71. The fourth-order valence-corrected chi connectivity index (χ4v) is 3.61. The van der Waals surface area contributed by atoms with Crippen molar-refractivity contribution in [3.8, 4) is 0 Å². The molecule has 2 atom stereocenters. The summed E-state index contributed by atoms with van der Waals surface area (Å²) in [6, 6.07) is 0.0596. The maximum atomic E-state index is 12.6. The Balaban J connectivity index is 2.07. The van der Waals surface area contributed by atoms with E-state index >= 15 is 0 Å². The van der Waals surface area contributed by atoms with Crippen molar-refractivity contribution in [1.82, 2.24) is 10.2 Å². The molecule has 2 fully saturated rings. The van der Waals surface area contributed by atoms with Crippen LogP contribution in [-0.2, 0) is 4.79 Å². The molecule has 1 saturated heterocycles. The van der Waals surface area contributed by atoms with E-state index in [9.17, 15) is 4.79 Å². The van der Waals surface area contributed by atoms with Crippen LogP contribution in [-0.4, -0.2) is 29.6 Å². The number of hydrogen-bond donors (Lipinski definition) is 1. The predicted octanol–water partition coefficient (Wildman–Crippen LogP) is 3.01. The van der Waals surface area contributed by atoms with Crippen LogP contribution in [0.1, 0.15) is 59.8 Å². The molecule has 110 valence electrons. The van der Waals surface area contributed by atoms with Crippen molar-refractivity contribution in [2.45, 2.75) is 72.0 Å². The van der Waals surface area contributed by atoms with Gasteiger partial charge in [-0.15, -0.1) is 0 Å². The Morgan fingerprint density at radius 3 is 2.32 bits per heavy atom. The van der Waals surface area contributed by atoms with Crippen LogP contribution in [0.3, 0.4) is 0 Å². The van der Waals surface area contributed by atoms with Gasteiger partial charge in [-0.2, -0.15) is 0 Å². The van der Waals surface area contributed by atoms with E-state index in [1.54, 1.807) is 0 Å². The van der Waals surface area contributed by atoms with Gasteiger partial charge in [0.15, 0.2) is 0 Å². The van der Waals surface area contributed by atoms with Crippen molar-refractivity contribution in [2.24, 2.45) is 17.8 Å². The van der Waals surface area contributed by atoms with E-state index in [1.807, 2.05) is 0 Å². The van der Waals surface area contributed by atoms with Crippen LogP contribution < -0.4 is 5.32 Å². The molecule has 2 unspecified atom stereocenters. The quantitative estimate of drug-likeness (QED) is 0.829. The zero-order valence-corrected chi connectivity index (χ0v) is 13.0. The van der Waals surface area contributed by atoms with Crippen LogP contribution in [0.4, 0.5) is 0 Å². The van der Waals surface area contributed by atoms with Crippen molar-refractivity contribution in [3.63, 3.8) is 0 Å². The Kier molecular flexibility index (Phi) is 4.88. The van der Waals surface area contributed by atoms with E-state index in [1.165, 1.54) is 25.7 Å². The molecule has 3 nitrogen and oxygen atoms in total. The molecule has 1 aliphatic carbocycles. The monoisotopic (exact) mass is 266 g/mol. The number of nitrogens with one attached hydrogen (secondary N) is 1. The van der Waals surface area contributed by atoms with Gasteiger partial charge in [0.25, 0.3) is 0 Å². The second-order valence-electron chi connectivity index (χ2n) is 7.22. The molecule has 0 aromatic rings. The van der Waals surface area contributed by atoms with Gasteiger partial charge in [0, 0.05) is 6.54 Å². The normalized spacial score (nSPS) is 29.2. The van der Waals surface area contributed by atoms with Gasteiger partial charge in [0.1, 0.15) is 0 Å². The van der Waals surface area contributed by atoms with Crippen molar-refractivity contribution in [1.29, 1.82) is 0 Å². The van der Waals surface area contributed by atoms with Crippen molar-refractivity contribution >= 4 is 5.91 Å². The molecule has 1 amide bonds. The highest BCUT2D eigenvalue weighted by atomic mass is 16.2. The zero-order chi connectivity index (χ0) is 14.0. The summed E-state index contributed by atoms with van der Waals surface area (Å²) in [7, 11) is 0. The summed E-state index contributed by atoms with van der Waals surface area (Å²) in [5.41, 5.74) is 0. The minimum atomic E-state index is 0.0596. The number of amides is 1. The van der Waals surface area contributed by atoms with Gasteiger partial charge in [0.05, 0.1) is 12.2 Å². The molecule has 2 rings (SSSR count). The van der Waals surface area contributed by atoms with E-state index in [-0.39, 0.29) is 6.04 Å². The first kappa shape index (κ1) is 14.8. The summed E-state index contributed by atoms with van der Waals surface area (Å²) >= 11 is 0. The Labute approximate surface area is 118 Å². The molecule has 1 N–H and O–H groups in total. The van der Waals surface area contributed by atoms with E-state index in [0.717, 1.165) is 13.0 Å². The zero-order valence-electron chi connectivity index (χ0n) is 13.0. The number of nitrogens with zero attached hydrogens (tertiary/aromatic N) is 1. The molecule has 2 aliphatic rings. The minimum Gasteiger partial charge on any atom is -0.325 e. The summed E-state index contributed by atoms with van der Waals surface area (Å²) < 4.78 is 0. The molecule has 0 aromatic carbocycles. The fraction of sp³-hybridized carbons (Fsp3) is 0.938. The largest absolute Gasteiger partial charge is 0.325 e. The van der Waals surface area contributed by atoms with Crippen LogP contribution in [0.25, 0.3) is 0 Å². The van der Waals surface area contributed by atoms with Crippen LogP contribution in [0, 0.1) is 17.8 Å². The van der Waals surface area contributed by atoms with Crippen molar-refractivity contribution in [3.05, 3.63) is 0 Å². The van der Waals surface area contributed by atoms with Gasteiger partial charge in [-0.05, 0) is 37.0 Å². The molecule has 3 heteroatoms. The number of carbonyl (C=O) groups is 1. The topological polar surface area (TPSA) is 32.3 Å². The molecular weight excluding hydrogens is 236 g/mol. The first-order valence-electron chi connectivity index (χ1n) is 8.05.